The van der Waals surface area contributed by atoms with E-state index in [1.165, 1.54) is 17.4 Å². The van der Waals surface area contributed by atoms with Gasteiger partial charge in [-0.05, 0) is 32.0 Å². The second-order valence-electron chi connectivity index (χ2n) is 4.35. The van der Waals surface area contributed by atoms with Crippen molar-refractivity contribution in [2.24, 2.45) is 0 Å². The molecule has 0 fully saturated rings. The molecule has 1 unspecified atom stereocenters. The summed E-state index contributed by atoms with van der Waals surface area (Å²) in [6, 6.07) is 4.13. The van der Waals surface area contributed by atoms with Gasteiger partial charge >= 0.3 is 0 Å². The highest BCUT2D eigenvalue weighted by Gasteiger charge is 2.23. The third-order valence-electron chi connectivity index (χ3n) is 2.71. The van der Waals surface area contributed by atoms with Gasteiger partial charge in [-0.15, -0.1) is 11.3 Å². The lowest BCUT2D eigenvalue weighted by Gasteiger charge is -2.15. The maximum absolute atomic E-state index is 12.5. The molecule has 0 amide bonds. The number of rotatable bonds is 6. The quantitative estimate of drug-likeness (QED) is 0.793. The minimum Gasteiger partial charge on any atom is -0.492 e. The first-order valence-corrected chi connectivity index (χ1v) is 8.74. The fraction of sp³-hybridized carbons (Fsp3) is 0.308. The lowest BCUT2D eigenvalue weighted by atomic mass is 10.3. The van der Waals surface area contributed by atoms with Gasteiger partial charge in [-0.1, -0.05) is 0 Å². The van der Waals surface area contributed by atoms with E-state index in [0.29, 0.717) is 17.3 Å². The van der Waals surface area contributed by atoms with Crippen LogP contribution in [0.4, 0.5) is 5.69 Å². The second kappa shape index (κ2) is 6.42. The van der Waals surface area contributed by atoms with E-state index in [-0.39, 0.29) is 10.6 Å². The first-order chi connectivity index (χ1) is 9.94. The molecule has 8 heteroatoms. The molecule has 0 saturated carbocycles. The van der Waals surface area contributed by atoms with E-state index in [4.69, 9.17) is 10.5 Å². The number of anilines is 1. The number of benzene rings is 1. The summed E-state index contributed by atoms with van der Waals surface area (Å²) in [5, 5.41) is 2.49. The molecular formula is C13H17N3O3S2. The summed E-state index contributed by atoms with van der Waals surface area (Å²) in [4.78, 5) is 4.14. The summed E-state index contributed by atoms with van der Waals surface area (Å²) in [5.41, 5.74) is 6.05. The highest BCUT2D eigenvalue weighted by molar-refractivity contribution is 7.89. The van der Waals surface area contributed by atoms with Gasteiger partial charge in [-0.2, -0.15) is 0 Å². The summed E-state index contributed by atoms with van der Waals surface area (Å²) >= 11 is 1.39. The van der Waals surface area contributed by atoms with E-state index >= 15 is 0 Å². The molecule has 2 rings (SSSR count). The number of hydrogen-bond donors (Lipinski definition) is 2. The lowest BCUT2D eigenvalue weighted by Crippen LogP contribution is -2.27. The monoisotopic (exact) mass is 327 g/mol. The molecule has 0 radical (unpaired) electrons. The van der Waals surface area contributed by atoms with Crippen molar-refractivity contribution in [1.29, 1.82) is 0 Å². The van der Waals surface area contributed by atoms with Gasteiger partial charge in [0.05, 0.1) is 12.6 Å². The third-order valence-corrected chi connectivity index (χ3v) is 5.23. The Labute approximate surface area is 128 Å². The first kappa shape index (κ1) is 15.7. The van der Waals surface area contributed by atoms with Gasteiger partial charge in [0.15, 0.2) is 0 Å². The smallest absolute Gasteiger partial charge is 0.244 e. The predicted octanol–water partition coefficient (Wildman–Crippen LogP) is 2.16. The van der Waals surface area contributed by atoms with Crippen molar-refractivity contribution < 1.29 is 13.2 Å². The second-order valence-corrected chi connectivity index (χ2v) is 6.96. The van der Waals surface area contributed by atoms with Crippen LogP contribution in [0.1, 0.15) is 24.9 Å². The predicted molar refractivity (Wildman–Crippen MR) is 82.9 cm³/mol. The Hall–Kier alpha value is -1.64. The number of nitrogens with one attached hydrogen (secondary N) is 1. The van der Waals surface area contributed by atoms with Gasteiger partial charge in [0, 0.05) is 17.3 Å². The van der Waals surface area contributed by atoms with E-state index < -0.39 is 16.1 Å². The van der Waals surface area contributed by atoms with Crippen molar-refractivity contribution in [3.05, 3.63) is 34.8 Å². The van der Waals surface area contributed by atoms with Crippen LogP contribution < -0.4 is 15.2 Å². The van der Waals surface area contributed by atoms with Crippen LogP contribution in [-0.4, -0.2) is 20.0 Å². The molecule has 1 aromatic heterocycles. The van der Waals surface area contributed by atoms with Crippen molar-refractivity contribution in [2.45, 2.75) is 24.8 Å². The van der Waals surface area contributed by atoms with Crippen molar-refractivity contribution >= 4 is 27.0 Å². The molecule has 0 spiro atoms. The SMILES string of the molecule is CCOc1ccc(N)cc1S(=O)(=O)NC(C)c1nccs1. The van der Waals surface area contributed by atoms with E-state index in [9.17, 15) is 8.42 Å². The molecule has 0 aliphatic carbocycles. The molecule has 0 saturated heterocycles. The van der Waals surface area contributed by atoms with Crippen LogP contribution in [0.2, 0.25) is 0 Å². The number of hydrogen-bond acceptors (Lipinski definition) is 6. The van der Waals surface area contributed by atoms with E-state index in [1.54, 1.807) is 37.6 Å². The molecule has 114 valence electrons. The van der Waals surface area contributed by atoms with E-state index in [0.717, 1.165) is 0 Å². The summed E-state index contributed by atoms with van der Waals surface area (Å²) in [5.74, 6) is 0.283. The van der Waals surface area contributed by atoms with Crippen molar-refractivity contribution in [1.82, 2.24) is 9.71 Å². The first-order valence-electron chi connectivity index (χ1n) is 6.38. The Balaban J connectivity index is 2.33. The zero-order chi connectivity index (χ0) is 15.5. The molecule has 1 atom stereocenters. The normalized spacial score (nSPS) is 13.0. The Bertz CT molecular complexity index is 699. The van der Waals surface area contributed by atoms with Gasteiger partial charge < -0.3 is 10.5 Å². The number of nitrogens with two attached hydrogens (primary N) is 1. The van der Waals surface area contributed by atoms with Gasteiger partial charge in [0.2, 0.25) is 10.0 Å². The topological polar surface area (TPSA) is 94.3 Å². The molecule has 0 aliphatic heterocycles. The average molecular weight is 327 g/mol. The molecule has 0 aliphatic rings. The zero-order valence-electron chi connectivity index (χ0n) is 11.7. The molecule has 1 heterocycles. The summed E-state index contributed by atoms with van der Waals surface area (Å²) < 4.78 is 33.0. The highest BCUT2D eigenvalue weighted by Crippen LogP contribution is 2.28. The Morgan fingerprint density at radius 2 is 2.24 bits per heavy atom. The molecule has 21 heavy (non-hydrogen) atoms. The Kier molecular flexibility index (Phi) is 4.81. The number of thiazole rings is 1. The molecule has 0 bridgehead atoms. The number of ether oxygens (including phenoxy) is 1. The zero-order valence-corrected chi connectivity index (χ0v) is 13.4. The molecule has 3 N–H and O–H groups in total. The van der Waals surface area contributed by atoms with Crippen LogP contribution in [-0.2, 0) is 10.0 Å². The fourth-order valence-electron chi connectivity index (χ4n) is 1.80. The van der Waals surface area contributed by atoms with Crippen molar-refractivity contribution in [3.63, 3.8) is 0 Å². The summed E-state index contributed by atoms with van der Waals surface area (Å²) in [6.07, 6.45) is 1.64. The highest BCUT2D eigenvalue weighted by atomic mass is 32.2. The summed E-state index contributed by atoms with van der Waals surface area (Å²) in [6.45, 7) is 3.90. The third kappa shape index (κ3) is 3.72. The van der Waals surface area contributed by atoms with Crippen LogP contribution in [0.15, 0.2) is 34.7 Å². The maximum atomic E-state index is 12.5. The molecular weight excluding hydrogens is 310 g/mol. The molecule has 2 aromatic rings. The molecule has 1 aromatic carbocycles. The average Bonchev–Trinajstić information content (AvgIpc) is 2.94. The number of nitrogens with zero attached hydrogens (tertiary/aromatic N) is 1. The minimum atomic E-state index is -3.75. The van der Waals surface area contributed by atoms with Gasteiger partial charge in [0.1, 0.15) is 15.7 Å². The standard InChI is InChI=1S/C13H17N3O3S2/c1-3-19-11-5-4-10(14)8-12(11)21(17,18)16-9(2)13-15-6-7-20-13/h4-9,16H,3,14H2,1-2H3. The maximum Gasteiger partial charge on any atom is 0.244 e. The van der Waals surface area contributed by atoms with Gasteiger partial charge in [-0.3, -0.25) is 0 Å². The van der Waals surface area contributed by atoms with Crippen LogP contribution in [0.3, 0.4) is 0 Å². The van der Waals surface area contributed by atoms with Crippen LogP contribution >= 0.6 is 11.3 Å². The van der Waals surface area contributed by atoms with E-state index in [1.807, 2.05) is 0 Å². The van der Waals surface area contributed by atoms with Gasteiger partial charge in [0.25, 0.3) is 0 Å². The lowest BCUT2D eigenvalue weighted by molar-refractivity contribution is 0.331. The Morgan fingerprint density at radius 1 is 1.48 bits per heavy atom. The Morgan fingerprint density at radius 3 is 2.86 bits per heavy atom. The minimum absolute atomic E-state index is 0.0350. The van der Waals surface area contributed by atoms with E-state index in [2.05, 4.69) is 9.71 Å². The van der Waals surface area contributed by atoms with Crippen LogP contribution in [0, 0.1) is 0 Å². The number of nitrogen functional groups attached to an aromatic ring is 1. The van der Waals surface area contributed by atoms with Crippen molar-refractivity contribution in [3.8, 4) is 5.75 Å². The number of sulfonamides is 1. The molecule has 6 nitrogen and oxygen atoms in total. The summed E-state index contributed by atoms with van der Waals surface area (Å²) in [7, 11) is -3.75. The number of aromatic nitrogens is 1. The van der Waals surface area contributed by atoms with Crippen molar-refractivity contribution in [2.75, 3.05) is 12.3 Å². The van der Waals surface area contributed by atoms with Crippen LogP contribution in [0.5, 0.6) is 5.75 Å². The van der Waals surface area contributed by atoms with Crippen LogP contribution in [0.25, 0.3) is 0 Å². The fourth-order valence-corrected chi connectivity index (χ4v) is 3.91. The largest absolute Gasteiger partial charge is 0.492 e. The van der Waals surface area contributed by atoms with Gasteiger partial charge in [-0.25, -0.2) is 18.1 Å².